The number of carbonyl (C=O) groups excluding carboxylic acids is 2. The first-order chi connectivity index (χ1) is 9.13. The molecule has 0 fully saturated rings. The van der Waals surface area contributed by atoms with Crippen LogP contribution in [-0.2, 0) is 14.3 Å². The summed E-state index contributed by atoms with van der Waals surface area (Å²) in [6, 6.07) is 8.19. The van der Waals surface area contributed by atoms with E-state index in [1.165, 1.54) is 7.11 Å². The number of carbonyl (C=O) groups is 2. The van der Waals surface area contributed by atoms with Gasteiger partial charge in [-0.2, -0.15) is 0 Å². The van der Waals surface area contributed by atoms with Gasteiger partial charge in [0.05, 0.1) is 7.11 Å². The summed E-state index contributed by atoms with van der Waals surface area (Å²) < 4.78 is 4.73. The predicted octanol–water partition coefficient (Wildman–Crippen LogP) is 1.00. The summed E-state index contributed by atoms with van der Waals surface area (Å²) in [6.07, 6.45) is 0.630. The van der Waals surface area contributed by atoms with E-state index in [9.17, 15) is 9.59 Å². The standard InChI is InChI=1S/C14H20N2O3/c1-3-10(9-15)13(17)16-12(14(18)19-2)11-7-5-4-6-8-11/h4-8,10,12H,3,9,15H2,1-2H3,(H,16,17). The highest BCUT2D eigenvalue weighted by Gasteiger charge is 2.25. The van der Waals surface area contributed by atoms with Crippen molar-refractivity contribution in [1.29, 1.82) is 0 Å². The average Bonchev–Trinajstić information content (AvgIpc) is 2.46. The van der Waals surface area contributed by atoms with Crippen LogP contribution in [0.25, 0.3) is 0 Å². The molecule has 5 nitrogen and oxygen atoms in total. The molecule has 0 saturated carbocycles. The fourth-order valence-corrected chi connectivity index (χ4v) is 1.76. The Bertz CT molecular complexity index is 416. The van der Waals surface area contributed by atoms with E-state index in [1.54, 1.807) is 24.3 Å². The van der Waals surface area contributed by atoms with E-state index in [-0.39, 0.29) is 18.4 Å². The monoisotopic (exact) mass is 264 g/mol. The molecule has 1 rings (SSSR count). The molecule has 1 aromatic carbocycles. The molecule has 1 amide bonds. The van der Waals surface area contributed by atoms with Crippen molar-refractivity contribution in [3.63, 3.8) is 0 Å². The lowest BCUT2D eigenvalue weighted by Crippen LogP contribution is -2.40. The van der Waals surface area contributed by atoms with Gasteiger partial charge in [0.25, 0.3) is 0 Å². The Morgan fingerprint density at radius 2 is 1.95 bits per heavy atom. The van der Waals surface area contributed by atoms with Crippen molar-refractivity contribution in [1.82, 2.24) is 5.32 Å². The van der Waals surface area contributed by atoms with Crippen LogP contribution >= 0.6 is 0 Å². The lowest BCUT2D eigenvalue weighted by molar-refractivity contribution is -0.145. The van der Waals surface area contributed by atoms with E-state index < -0.39 is 12.0 Å². The van der Waals surface area contributed by atoms with Gasteiger partial charge in [-0.05, 0) is 12.0 Å². The molecule has 1 aromatic rings. The molecule has 2 atom stereocenters. The number of hydrogen-bond acceptors (Lipinski definition) is 4. The molecule has 0 aliphatic heterocycles. The molecule has 3 N–H and O–H groups in total. The van der Waals surface area contributed by atoms with Gasteiger partial charge in [0.1, 0.15) is 0 Å². The third kappa shape index (κ3) is 4.06. The molecule has 0 aliphatic carbocycles. The summed E-state index contributed by atoms with van der Waals surface area (Å²) in [5.74, 6) is -1.02. The summed E-state index contributed by atoms with van der Waals surface area (Å²) in [5.41, 5.74) is 6.22. The van der Waals surface area contributed by atoms with Crippen molar-refractivity contribution in [2.24, 2.45) is 11.7 Å². The predicted molar refractivity (Wildman–Crippen MR) is 72.2 cm³/mol. The largest absolute Gasteiger partial charge is 0.467 e. The summed E-state index contributed by atoms with van der Waals surface area (Å²) in [5, 5.41) is 2.69. The minimum Gasteiger partial charge on any atom is -0.467 e. The van der Waals surface area contributed by atoms with E-state index >= 15 is 0 Å². The molecule has 5 heteroatoms. The zero-order valence-corrected chi connectivity index (χ0v) is 11.3. The molecule has 19 heavy (non-hydrogen) atoms. The Hall–Kier alpha value is -1.88. The number of benzene rings is 1. The fourth-order valence-electron chi connectivity index (χ4n) is 1.76. The lowest BCUT2D eigenvalue weighted by atomic mass is 10.0. The van der Waals surface area contributed by atoms with Crippen LogP contribution in [0.4, 0.5) is 0 Å². The number of methoxy groups -OCH3 is 1. The quantitative estimate of drug-likeness (QED) is 0.751. The molecule has 0 aliphatic rings. The van der Waals surface area contributed by atoms with Gasteiger partial charge in [0.2, 0.25) is 5.91 Å². The highest BCUT2D eigenvalue weighted by Crippen LogP contribution is 2.15. The maximum Gasteiger partial charge on any atom is 0.333 e. The van der Waals surface area contributed by atoms with Crippen LogP contribution in [0.15, 0.2) is 30.3 Å². The zero-order valence-electron chi connectivity index (χ0n) is 11.3. The van der Waals surface area contributed by atoms with Crippen molar-refractivity contribution in [2.75, 3.05) is 13.7 Å². The van der Waals surface area contributed by atoms with Crippen LogP contribution in [0, 0.1) is 5.92 Å². The first-order valence-corrected chi connectivity index (χ1v) is 6.27. The van der Waals surface area contributed by atoms with Gasteiger partial charge in [0, 0.05) is 12.5 Å². The first kappa shape index (κ1) is 15.2. The van der Waals surface area contributed by atoms with Crippen LogP contribution in [0.3, 0.4) is 0 Å². The minimum atomic E-state index is -0.792. The summed E-state index contributed by atoms with van der Waals surface area (Å²) in [4.78, 5) is 23.8. The van der Waals surface area contributed by atoms with Gasteiger partial charge < -0.3 is 15.8 Å². The van der Waals surface area contributed by atoms with Crippen LogP contribution in [-0.4, -0.2) is 25.5 Å². The Kier molecular flexibility index (Phi) is 6.02. The second-order valence-corrected chi connectivity index (χ2v) is 4.22. The smallest absolute Gasteiger partial charge is 0.333 e. The molecule has 0 heterocycles. The highest BCUT2D eigenvalue weighted by atomic mass is 16.5. The van der Waals surface area contributed by atoms with E-state index in [4.69, 9.17) is 10.5 Å². The van der Waals surface area contributed by atoms with Crippen molar-refractivity contribution < 1.29 is 14.3 Å². The van der Waals surface area contributed by atoms with E-state index in [2.05, 4.69) is 5.32 Å². The van der Waals surface area contributed by atoms with Crippen molar-refractivity contribution in [3.8, 4) is 0 Å². The first-order valence-electron chi connectivity index (χ1n) is 6.27. The Balaban J connectivity index is 2.88. The lowest BCUT2D eigenvalue weighted by Gasteiger charge is -2.20. The van der Waals surface area contributed by atoms with Gasteiger partial charge in [-0.1, -0.05) is 37.3 Å². The highest BCUT2D eigenvalue weighted by molar-refractivity contribution is 5.86. The topological polar surface area (TPSA) is 81.4 Å². The second kappa shape index (κ2) is 7.53. The van der Waals surface area contributed by atoms with Crippen LogP contribution in [0.1, 0.15) is 24.9 Å². The number of ether oxygens (including phenoxy) is 1. The third-order valence-corrected chi connectivity index (χ3v) is 3.00. The molecular formula is C14H20N2O3. The number of amides is 1. The minimum absolute atomic E-state index is 0.232. The molecule has 0 spiro atoms. The SMILES string of the molecule is CCC(CN)C(=O)NC(C(=O)OC)c1ccccc1. The van der Waals surface area contributed by atoms with Crippen molar-refractivity contribution in [3.05, 3.63) is 35.9 Å². The third-order valence-electron chi connectivity index (χ3n) is 3.00. The molecule has 0 saturated heterocycles. The molecule has 2 unspecified atom stereocenters. The number of nitrogens with one attached hydrogen (secondary N) is 1. The van der Waals surface area contributed by atoms with Gasteiger partial charge in [0.15, 0.2) is 6.04 Å². The number of hydrogen-bond donors (Lipinski definition) is 2. The number of esters is 1. The Labute approximate surface area is 113 Å². The molecule has 0 bridgehead atoms. The molecule has 0 aromatic heterocycles. The van der Waals surface area contributed by atoms with E-state index in [0.29, 0.717) is 12.0 Å². The van der Waals surface area contributed by atoms with Crippen LogP contribution in [0.2, 0.25) is 0 Å². The van der Waals surface area contributed by atoms with Crippen LogP contribution < -0.4 is 11.1 Å². The maximum absolute atomic E-state index is 12.0. The Morgan fingerprint density at radius 3 is 2.42 bits per heavy atom. The van der Waals surface area contributed by atoms with Gasteiger partial charge >= 0.3 is 5.97 Å². The number of rotatable bonds is 6. The molecule has 104 valence electrons. The van der Waals surface area contributed by atoms with Crippen molar-refractivity contribution in [2.45, 2.75) is 19.4 Å². The van der Waals surface area contributed by atoms with Gasteiger partial charge in [-0.25, -0.2) is 4.79 Å². The number of nitrogens with two attached hydrogens (primary N) is 1. The van der Waals surface area contributed by atoms with Crippen LogP contribution in [0.5, 0.6) is 0 Å². The van der Waals surface area contributed by atoms with Crippen molar-refractivity contribution >= 4 is 11.9 Å². The molecular weight excluding hydrogens is 244 g/mol. The second-order valence-electron chi connectivity index (χ2n) is 4.22. The average molecular weight is 264 g/mol. The van der Waals surface area contributed by atoms with E-state index in [1.807, 2.05) is 13.0 Å². The summed E-state index contributed by atoms with van der Waals surface area (Å²) in [6.45, 7) is 2.14. The normalized spacial score (nSPS) is 13.4. The van der Waals surface area contributed by atoms with E-state index in [0.717, 1.165) is 0 Å². The maximum atomic E-state index is 12.0. The van der Waals surface area contributed by atoms with Gasteiger partial charge in [-0.3, -0.25) is 4.79 Å². The fraction of sp³-hybridized carbons (Fsp3) is 0.429. The Morgan fingerprint density at radius 1 is 1.32 bits per heavy atom. The van der Waals surface area contributed by atoms with Gasteiger partial charge in [-0.15, -0.1) is 0 Å². The zero-order chi connectivity index (χ0) is 14.3. The summed E-state index contributed by atoms with van der Waals surface area (Å²) >= 11 is 0. The summed E-state index contributed by atoms with van der Waals surface area (Å²) in [7, 11) is 1.30. The molecule has 0 radical (unpaired) electrons.